The molecule has 3 aromatic heterocycles. The van der Waals surface area contributed by atoms with Crippen molar-refractivity contribution in [1.82, 2.24) is 24.9 Å². The zero-order chi connectivity index (χ0) is 23.2. The molecule has 3 N–H and O–H groups in total. The number of aromatic nitrogens is 4. The van der Waals surface area contributed by atoms with Gasteiger partial charge in [0.15, 0.2) is 0 Å². The minimum Gasteiger partial charge on any atom is -0.368 e. The minimum atomic E-state index is -2.99. The van der Waals surface area contributed by atoms with Crippen molar-refractivity contribution < 1.29 is 13.6 Å². The van der Waals surface area contributed by atoms with Crippen LogP contribution >= 0.6 is 0 Å². The third-order valence-corrected chi connectivity index (χ3v) is 6.38. The van der Waals surface area contributed by atoms with Gasteiger partial charge in [-0.3, -0.25) is 14.3 Å². The van der Waals surface area contributed by atoms with Gasteiger partial charge in [-0.1, -0.05) is 18.2 Å². The Morgan fingerprint density at radius 2 is 1.85 bits per heavy atom. The van der Waals surface area contributed by atoms with E-state index in [1.165, 1.54) is 6.20 Å². The molecule has 1 fully saturated rings. The Hall–Kier alpha value is -3.49. The molecule has 1 amide bonds. The van der Waals surface area contributed by atoms with Crippen molar-refractivity contribution in [1.29, 1.82) is 0 Å². The monoisotopic (exact) mass is 452 g/mol. The summed E-state index contributed by atoms with van der Waals surface area (Å²) in [5.74, 6) is -2.36. The van der Waals surface area contributed by atoms with Gasteiger partial charge in [0.1, 0.15) is 22.7 Å². The number of nitrogens with one attached hydrogen (secondary N) is 3. The number of imidazole rings is 1. The van der Waals surface area contributed by atoms with Crippen LogP contribution in [-0.4, -0.2) is 37.6 Å². The highest BCUT2D eigenvalue weighted by molar-refractivity contribution is 6.06. The van der Waals surface area contributed by atoms with E-state index < -0.39 is 5.92 Å². The fourth-order valence-corrected chi connectivity index (χ4v) is 4.54. The van der Waals surface area contributed by atoms with Crippen molar-refractivity contribution in [2.75, 3.05) is 5.32 Å². The maximum Gasteiger partial charge on any atom is 0.288 e. The summed E-state index contributed by atoms with van der Waals surface area (Å²) < 4.78 is 29.1. The molecule has 0 bridgehead atoms. The van der Waals surface area contributed by atoms with Crippen LogP contribution in [-0.2, 0) is 5.92 Å². The lowest BCUT2D eigenvalue weighted by Crippen LogP contribution is -2.40. The number of carbonyl (C=O) groups excluding carboxylic acids is 1. The second kappa shape index (κ2) is 8.13. The predicted molar refractivity (Wildman–Crippen MR) is 123 cm³/mol. The standard InChI is InChI=1S/C24H26F2N6O/c1-14-17-5-3-6-18(22(17)31-30-14)23(33)28-16-11-9-15(10-12-16)27-20-7-4-8-21-29-19(13-32(20)21)24(2,25)26/h3-8,13,15-16,27H,9-12H2,1-2H3,(H,28,33)(H,30,31). The third kappa shape index (κ3) is 4.15. The van der Waals surface area contributed by atoms with Crippen LogP contribution in [0, 0.1) is 6.92 Å². The molecule has 0 aliphatic heterocycles. The number of hydrogen-bond donors (Lipinski definition) is 3. The first kappa shape index (κ1) is 21.4. The van der Waals surface area contributed by atoms with E-state index in [1.54, 1.807) is 16.5 Å². The number of hydrogen-bond acceptors (Lipinski definition) is 4. The Labute approximate surface area is 189 Å². The van der Waals surface area contributed by atoms with Gasteiger partial charge in [0.05, 0.1) is 5.56 Å². The summed E-state index contributed by atoms with van der Waals surface area (Å²) in [6.07, 6.45) is 4.77. The van der Waals surface area contributed by atoms with Crippen LogP contribution in [0.2, 0.25) is 0 Å². The third-order valence-electron chi connectivity index (χ3n) is 6.38. The van der Waals surface area contributed by atoms with E-state index in [9.17, 15) is 13.6 Å². The number of aryl methyl sites for hydroxylation is 1. The van der Waals surface area contributed by atoms with Crippen molar-refractivity contribution in [3.8, 4) is 0 Å². The molecule has 3 heterocycles. The molecule has 0 radical (unpaired) electrons. The van der Waals surface area contributed by atoms with Gasteiger partial charge in [-0.05, 0) is 50.8 Å². The summed E-state index contributed by atoms with van der Waals surface area (Å²) in [5, 5.41) is 14.8. The van der Waals surface area contributed by atoms with Crippen LogP contribution < -0.4 is 10.6 Å². The van der Waals surface area contributed by atoms with Gasteiger partial charge in [0.25, 0.3) is 11.8 Å². The highest BCUT2D eigenvalue weighted by Crippen LogP contribution is 2.29. The van der Waals surface area contributed by atoms with E-state index in [-0.39, 0.29) is 23.7 Å². The number of para-hydroxylation sites is 1. The van der Waals surface area contributed by atoms with Crippen molar-refractivity contribution in [3.05, 3.63) is 59.5 Å². The second-order valence-corrected chi connectivity index (χ2v) is 8.87. The van der Waals surface area contributed by atoms with Crippen LogP contribution in [0.5, 0.6) is 0 Å². The fourth-order valence-electron chi connectivity index (χ4n) is 4.54. The van der Waals surface area contributed by atoms with Crippen molar-refractivity contribution >= 4 is 28.3 Å². The molecular weight excluding hydrogens is 426 g/mol. The number of amides is 1. The van der Waals surface area contributed by atoms with E-state index in [0.717, 1.165) is 49.5 Å². The highest BCUT2D eigenvalue weighted by Gasteiger charge is 2.29. The summed E-state index contributed by atoms with van der Waals surface area (Å²) in [6.45, 7) is 2.79. The van der Waals surface area contributed by atoms with Crippen molar-refractivity contribution in [3.63, 3.8) is 0 Å². The van der Waals surface area contributed by atoms with E-state index in [4.69, 9.17) is 0 Å². The summed E-state index contributed by atoms with van der Waals surface area (Å²) in [7, 11) is 0. The number of benzene rings is 1. The number of alkyl halides is 2. The zero-order valence-corrected chi connectivity index (χ0v) is 18.5. The van der Waals surface area contributed by atoms with Crippen LogP contribution in [0.25, 0.3) is 16.6 Å². The van der Waals surface area contributed by atoms with Gasteiger partial charge in [0.2, 0.25) is 0 Å². The number of H-pyrrole nitrogens is 1. The molecule has 1 saturated carbocycles. The predicted octanol–water partition coefficient (Wildman–Crippen LogP) is 4.78. The normalized spacial score (nSPS) is 19.2. The highest BCUT2D eigenvalue weighted by atomic mass is 19.3. The first-order valence-electron chi connectivity index (χ1n) is 11.2. The molecule has 1 aliphatic rings. The SMILES string of the molecule is Cc1[nH]nc2c(C(=O)NC3CCC(Nc4cccc5nc(C(C)(F)F)cn45)CC3)cccc12. The topological polar surface area (TPSA) is 87.1 Å². The zero-order valence-electron chi connectivity index (χ0n) is 18.5. The second-order valence-electron chi connectivity index (χ2n) is 8.87. The molecule has 4 aromatic rings. The molecule has 0 saturated heterocycles. The Bertz CT molecular complexity index is 1310. The smallest absolute Gasteiger partial charge is 0.288 e. The minimum absolute atomic E-state index is 0.0836. The number of carbonyl (C=O) groups is 1. The first-order chi connectivity index (χ1) is 15.8. The Kier molecular flexibility index (Phi) is 5.26. The molecular formula is C24H26F2N6O. The molecule has 7 nitrogen and oxygen atoms in total. The van der Waals surface area contributed by atoms with E-state index in [1.807, 2.05) is 31.2 Å². The van der Waals surface area contributed by atoms with Crippen LogP contribution in [0.3, 0.4) is 0 Å². The molecule has 0 atom stereocenters. The summed E-state index contributed by atoms with van der Waals surface area (Å²) in [6, 6.07) is 11.3. The van der Waals surface area contributed by atoms with E-state index in [0.29, 0.717) is 16.7 Å². The molecule has 1 aliphatic carbocycles. The van der Waals surface area contributed by atoms with Crippen LogP contribution in [0.1, 0.15) is 54.4 Å². The van der Waals surface area contributed by atoms with Gasteiger partial charge >= 0.3 is 0 Å². The number of fused-ring (bicyclic) bond motifs is 2. The molecule has 0 spiro atoms. The lowest BCUT2D eigenvalue weighted by molar-refractivity contribution is 0.0133. The average molecular weight is 453 g/mol. The average Bonchev–Trinajstić information content (AvgIpc) is 3.40. The number of halogens is 2. The summed E-state index contributed by atoms with van der Waals surface area (Å²) >= 11 is 0. The number of aromatic amines is 1. The number of nitrogens with zero attached hydrogens (tertiary/aromatic N) is 3. The molecule has 1 aromatic carbocycles. The van der Waals surface area contributed by atoms with Gasteiger partial charge in [-0.2, -0.15) is 13.9 Å². The lowest BCUT2D eigenvalue weighted by Gasteiger charge is -2.30. The molecule has 33 heavy (non-hydrogen) atoms. The molecule has 0 unspecified atom stereocenters. The number of pyridine rings is 1. The first-order valence-corrected chi connectivity index (χ1v) is 11.2. The summed E-state index contributed by atoms with van der Waals surface area (Å²) in [5.41, 5.74) is 2.44. The van der Waals surface area contributed by atoms with Gasteiger partial charge in [-0.15, -0.1) is 0 Å². The number of anilines is 1. The van der Waals surface area contributed by atoms with Crippen LogP contribution in [0.15, 0.2) is 42.6 Å². The lowest BCUT2D eigenvalue weighted by atomic mass is 9.91. The maximum atomic E-state index is 13.7. The quantitative estimate of drug-likeness (QED) is 0.407. The van der Waals surface area contributed by atoms with Gasteiger partial charge < -0.3 is 10.6 Å². The maximum absolute atomic E-state index is 13.7. The largest absolute Gasteiger partial charge is 0.368 e. The van der Waals surface area contributed by atoms with Crippen LogP contribution in [0.4, 0.5) is 14.6 Å². The molecule has 9 heteroatoms. The Morgan fingerprint density at radius 3 is 2.61 bits per heavy atom. The molecule has 5 rings (SSSR count). The summed E-state index contributed by atoms with van der Waals surface area (Å²) in [4.78, 5) is 16.9. The van der Waals surface area contributed by atoms with Gasteiger partial charge in [0, 0.05) is 36.3 Å². The number of rotatable bonds is 5. The van der Waals surface area contributed by atoms with E-state index >= 15 is 0 Å². The van der Waals surface area contributed by atoms with Crippen molar-refractivity contribution in [2.24, 2.45) is 0 Å². The van der Waals surface area contributed by atoms with Crippen molar-refractivity contribution in [2.45, 2.75) is 57.5 Å². The Morgan fingerprint density at radius 1 is 1.12 bits per heavy atom. The van der Waals surface area contributed by atoms with Gasteiger partial charge in [-0.25, -0.2) is 4.98 Å². The van der Waals surface area contributed by atoms with E-state index in [2.05, 4.69) is 25.8 Å². The Balaban J connectivity index is 1.23. The molecule has 172 valence electrons. The fraction of sp³-hybridized carbons (Fsp3) is 0.375.